The van der Waals surface area contributed by atoms with Crippen LogP contribution >= 0.6 is 0 Å². The Hall–Kier alpha value is -7.76. The lowest BCUT2D eigenvalue weighted by Gasteiger charge is -2.33. The molecule has 0 N–H and O–H groups in total. The molecule has 0 unspecified atom stereocenters. The third kappa shape index (κ3) is 3.85. The van der Waals surface area contributed by atoms with Crippen molar-refractivity contribution in [3.8, 4) is 16.8 Å². The molecule has 1 aliphatic rings. The maximum absolute atomic E-state index is 7.31. The number of fused-ring (bicyclic) bond motifs is 12. The van der Waals surface area contributed by atoms with Crippen molar-refractivity contribution in [2.24, 2.45) is 0 Å². The van der Waals surface area contributed by atoms with Crippen molar-refractivity contribution < 1.29 is 13.3 Å². The van der Waals surface area contributed by atoms with Crippen LogP contribution in [-0.2, 0) is 0 Å². The molecule has 276 valence electrons. The number of hydrogen-bond donors (Lipinski definition) is 0. The lowest BCUT2D eigenvalue weighted by atomic mass is 9.88. The zero-order valence-electron chi connectivity index (χ0n) is 32.1. The van der Waals surface area contributed by atoms with Gasteiger partial charge in [0.15, 0.2) is 16.7 Å². The molecule has 0 fully saturated rings. The summed E-state index contributed by atoms with van der Waals surface area (Å²) in [5, 5.41) is 11.1. The first-order valence-corrected chi connectivity index (χ1v) is 20.2. The predicted molar refractivity (Wildman–Crippen MR) is 243 cm³/mol. The molecule has 0 radical (unpaired) electrons. The van der Waals surface area contributed by atoms with Crippen LogP contribution in [0.3, 0.4) is 0 Å². The second-order valence-corrected chi connectivity index (χ2v) is 16.0. The number of aryl methyl sites for hydroxylation is 2. The minimum atomic E-state index is 0.826. The lowest BCUT2D eigenvalue weighted by Crippen LogP contribution is -2.16. The fourth-order valence-corrected chi connectivity index (χ4v) is 10.5. The molecule has 9 aromatic carbocycles. The van der Waals surface area contributed by atoms with Gasteiger partial charge in [-0.1, -0.05) is 127 Å². The molecule has 0 saturated carbocycles. The minimum absolute atomic E-state index is 0.826. The van der Waals surface area contributed by atoms with E-state index in [1.165, 1.54) is 0 Å². The minimum Gasteiger partial charge on any atom is -0.454 e. The summed E-state index contributed by atoms with van der Waals surface area (Å²) < 4.78 is 23.6. The van der Waals surface area contributed by atoms with Crippen molar-refractivity contribution in [1.82, 2.24) is 4.57 Å². The van der Waals surface area contributed by atoms with Gasteiger partial charge in [-0.15, -0.1) is 0 Å². The van der Waals surface area contributed by atoms with E-state index in [4.69, 9.17) is 13.3 Å². The molecule has 4 aromatic heterocycles. The quantitative estimate of drug-likeness (QED) is 0.176. The summed E-state index contributed by atoms with van der Waals surface area (Å²) in [4.78, 5) is 2.40. The van der Waals surface area contributed by atoms with Crippen molar-refractivity contribution in [3.05, 3.63) is 169 Å². The highest BCUT2D eigenvalue weighted by Crippen LogP contribution is 2.58. The Morgan fingerprint density at radius 3 is 1.68 bits per heavy atom. The Morgan fingerprint density at radius 2 is 0.898 bits per heavy atom. The van der Waals surface area contributed by atoms with Gasteiger partial charge in [-0.2, -0.15) is 0 Å². The normalized spacial score (nSPS) is 12.9. The third-order valence-corrected chi connectivity index (χ3v) is 12.9. The van der Waals surface area contributed by atoms with Crippen molar-refractivity contribution in [3.63, 3.8) is 0 Å². The molecule has 0 spiro atoms. The molecule has 59 heavy (non-hydrogen) atoms. The smallest absolute Gasteiger partial charge is 0.162 e. The van der Waals surface area contributed by atoms with E-state index < -0.39 is 0 Å². The van der Waals surface area contributed by atoms with Gasteiger partial charge in [-0.25, -0.2) is 0 Å². The van der Waals surface area contributed by atoms with Gasteiger partial charge in [-0.05, 0) is 66.3 Å². The van der Waals surface area contributed by atoms with E-state index in [-0.39, 0.29) is 0 Å². The van der Waals surface area contributed by atoms with E-state index in [2.05, 4.69) is 181 Å². The number of furan rings is 3. The predicted octanol–water partition coefficient (Wildman–Crippen LogP) is 15.7. The number of benzene rings is 9. The van der Waals surface area contributed by atoms with Crippen LogP contribution in [-0.4, -0.2) is 4.57 Å². The Balaban J connectivity index is 1.25. The summed E-state index contributed by atoms with van der Waals surface area (Å²) in [6.07, 6.45) is 0. The molecule has 0 aliphatic carbocycles. The van der Waals surface area contributed by atoms with Gasteiger partial charge in [0.25, 0.3) is 0 Å². The molecule has 0 saturated heterocycles. The summed E-state index contributed by atoms with van der Waals surface area (Å²) >= 11 is 0. The fourth-order valence-electron chi connectivity index (χ4n) is 10.5. The second-order valence-electron chi connectivity index (χ2n) is 16.0. The number of anilines is 3. The average Bonchev–Trinajstić information content (AvgIpc) is 3.96. The van der Waals surface area contributed by atoms with Gasteiger partial charge in [0, 0.05) is 48.7 Å². The van der Waals surface area contributed by atoms with Crippen molar-refractivity contribution >= 4 is 115 Å². The van der Waals surface area contributed by atoms with Crippen molar-refractivity contribution in [2.45, 2.75) is 13.8 Å². The Morgan fingerprint density at radius 1 is 0.356 bits per heavy atom. The molecule has 0 bridgehead atoms. The fraction of sp³-hybridized carbons (Fsp3) is 0.0370. The summed E-state index contributed by atoms with van der Waals surface area (Å²) in [7, 11) is 0. The molecule has 1 aliphatic heterocycles. The van der Waals surface area contributed by atoms with Gasteiger partial charge in [0.05, 0.1) is 39.2 Å². The average molecular weight is 757 g/mol. The van der Waals surface area contributed by atoms with Gasteiger partial charge in [0.1, 0.15) is 16.7 Å². The van der Waals surface area contributed by atoms with Crippen molar-refractivity contribution in [2.75, 3.05) is 4.90 Å². The van der Waals surface area contributed by atoms with Gasteiger partial charge in [-0.3, -0.25) is 0 Å². The van der Waals surface area contributed by atoms with Crippen LogP contribution in [0.25, 0.3) is 115 Å². The monoisotopic (exact) mass is 756 g/mol. The van der Waals surface area contributed by atoms with Gasteiger partial charge >= 0.3 is 0 Å². The van der Waals surface area contributed by atoms with E-state index in [1.54, 1.807) is 0 Å². The second kappa shape index (κ2) is 11.0. The number of para-hydroxylation sites is 6. The third-order valence-electron chi connectivity index (χ3n) is 12.9. The van der Waals surface area contributed by atoms with E-state index in [0.29, 0.717) is 0 Å². The van der Waals surface area contributed by atoms with Gasteiger partial charge in [0.2, 0.25) is 0 Å². The number of aromatic nitrogens is 1. The first-order valence-electron chi connectivity index (χ1n) is 20.2. The maximum Gasteiger partial charge on any atom is 0.162 e. The summed E-state index contributed by atoms with van der Waals surface area (Å²) in [6, 6.07) is 56.6. The highest BCUT2D eigenvalue weighted by atomic mass is 16.3. The van der Waals surface area contributed by atoms with Crippen LogP contribution in [0.5, 0.6) is 0 Å². The van der Waals surface area contributed by atoms with E-state index in [1.807, 2.05) is 0 Å². The Labute approximate surface area is 336 Å². The van der Waals surface area contributed by atoms with Crippen LogP contribution in [0.4, 0.5) is 17.1 Å². The molecule has 0 amide bonds. The number of hydrogen-bond acceptors (Lipinski definition) is 4. The van der Waals surface area contributed by atoms with Crippen molar-refractivity contribution in [1.29, 1.82) is 0 Å². The summed E-state index contributed by atoms with van der Waals surface area (Å²) in [5.41, 5.74) is 15.9. The highest BCUT2D eigenvalue weighted by Gasteiger charge is 2.34. The van der Waals surface area contributed by atoms with Crippen LogP contribution < -0.4 is 4.90 Å². The molecule has 5 heterocycles. The largest absolute Gasteiger partial charge is 0.454 e. The van der Waals surface area contributed by atoms with Crippen LogP contribution in [0.2, 0.25) is 0 Å². The zero-order valence-corrected chi connectivity index (χ0v) is 32.1. The van der Waals surface area contributed by atoms with E-state index >= 15 is 0 Å². The molecule has 5 heteroatoms. The molecule has 0 atom stereocenters. The van der Waals surface area contributed by atoms with E-state index in [9.17, 15) is 0 Å². The van der Waals surface area contributed by atoms with Gasteiger partial charge < -0.3 is 22.7 Å². The number of rotatable bonds is 2. The number of nitrogens with zero attached hydrogens (tertiary/aromatic N) is 2. The standard InChI is InChI=1S/C54H32N2O3/c1-29-13-7-19-35-37-21-10-26-42(52(37)58-50(29)35)55-40-24-5-4-16-32(40)34-18-12-28-44-46(34)47-48(55)39-23-9-17-33-31-15-3-6-25-41(31)56(49(45(33)39)54(47)57-44)43-27-11-22-38-36-20-8-14-30(2)51(36)59-53(38)43/h3-28H,1-2H3. The van der Waals surface area contributed by atoms with Crippen LogP contribution in [0, 0.1) is 13.8 Å². The van der Waals surface area contributed by atoms with Crippen LogP contribution in [0.1, 0.15) is 11.1 Å². The SMILES string of the molecule is Cc1cccc2c1oc1c(N3c4ccccc4-c4cccc5c4c3c3oc4cccc6c7ccccc7n(-c7cccc8c7oc7c(C)cccc78)c5c3c46)cccc12. The Kier molecular flexibility index (Phi) is 5.84. The topological polar surface area (TPSA) is 47.6 Å². The lowest BCUT2D eigenvalue weighted by molar-refractivity contribution is 0.663. The highest BCUT2D eigenvalue weighted by molar-refractivity contribution is 6.37. The molecule has 13 aromatic rings. The summed E-state index contributed by atoms with van der Waals surface area (Å²) in [6.45, 7) is 4.24. The first kappa shape index (κ1) is 31.3. The maximum atomic E-state index is 7.31. The Bertz CT molecular complexity index is 4000. The first-order chi connectivity index (χ1) is 29.1. The molecule has 14 rings (SSSR count). The molecule has 5 nitrogen and oxygen atoms in total. The zero-order chi connectivity index (χ0) is 38.7. The molecular weight excluding hydrogens is 725 g/mol. The van der Waals surface area contributed by atoms with E-state index in [0.717, 1.165) is 143 Å². The molecular formula is C54H32N2O3. The van der Waals surface area contributed by atoms with Crippen LogP contribution in [0.15, 0.2) is 171 Å². The summed E-state index contributed by atoms with van der Waals surface area (Å²) in [5.74, 6) is 0.